The first kappa shape index (κ1) is 14.1. The number of rotatable bonds is 4. The summed E-state index contributed by atoms with van der Waals surface area (Å²) in [6.07, 6.45) is 3.82. The normalized spacial score (nSPS) is 15.9. The monoisotopic (exact) mass is 290 g/mol. The third-order valence-electron chi connectivity index (χ3n) is 2.79. The molecule has 1 aliphatic heterocycles. The highest BCUT2D eigenvalue weighted by Crippen LogP contribution is 2.32. The van der Waals surface area contributed by atoms with Crippen LogP contribution in [0.4, 0.5) is 0 Å². The predicted molar refractivity (Wildman–Crippen MR) is 80.4 cm³/mol. The molecule has 1 heterocycles. The fourth-order valence-corrected chi connectivity index (χ4v) is 2.09. The second-order valence-electron chi connectivity index (χ2n) is 4.19. The number of thiocarbonyl (C=S) groups is 1. The minimum atomic E-state index is -0.285. The number of methoxy groups -OCH3 is 1. The lowest BCUT2D eigenvalue weighted by atomic mass is 10.0. The zero-order valence-corrected chi connectivity index (χ0v) is 11.7. The third kappa shape index (κ3) is 2.80. The predicted octanol–water partition coefficient (Wildman–Crippen LogP) is 1.47. The Balaban J connectivity index is 2.44. The molecule has 0 radical (unpaired) electrons. The molecule has 5 nitrogen and oxygen atoms in total. The van der Waals surface area contributed by atoms with Gasteiger partial charge in [-0.05, 0) is 42.4 Å². The van der Waals surface area contributed by atoms with Gasteiger partial charge in [-0.3, -0.25) is 10.1 Å². The molecule has 6 heteroatoms. The molecule has 1 aromatic rings. The molecule has 0 unspecified atom stereocenters. The van der Waals surface area contributed by atoms with Gasteiger partial charge in [-0.25, -0.2) is 0 Å². The maximum atomic E-state index is 11.6. The number of aromatic hydroxyl groups is 1. The molecule has 0 bridgehead atoms. The zero-order valence-electron chi connectivity index (χ0n) is 10.9. The molecule has 0 atom stereocenters. The Morgan fingerprint density at radius 2 is 2.20 bits per heavy atom. The van der Waals surface area contributed by atoms with Crippen LogP contribution in [0.2, 0.25) is 0 Å². The molecule has 104 valence electrons. The highest BCUT2D eigenvalue weighted by molar-refractivity contribution is 7.80. The maximum absolute atomic E-state index is 11.6. The van der Waals surface area contributed by atoms with E-state index in [0.29, 0.717) is 23.4 Å². The summed E-state index contributed by atoms with van der Waals surface area (Å²) >= 11 is 4.86. The lowest BCUT2D eigenvalue weighted by Crippen LogP contribution is -2.21. The molecular weight excluding hydrogens is 276 g/mol. The van der Waals surface area contributed by atoms with E-state index in [-0.39, 0.29) is 16.8 Å². The number of hydrogen-bond acceptors (Lipinski definition) is 4. The van der Waals surface area contributed by atoms with Gasteiger partial charge in [0, 0.05) is 5.56 Å². The highest BCUT2D eigenvalue weighted by Gasteiger charge is 2.20. The number of benzene rings is 1. The number of ether oxygens (including phenoxy) is 1. The van der Waals surface area contributed by atoms with Gasteiger partial charge in [0.05, 0.1) is 7.11 Å². The molecule has 0 aliphatic carbocycles. The summed E-state index contributed by atoms with van der Waals surface area (Å²) < 4.78 is 5.12. The Morgan fingerprint density at radius 3 is 2.75 bits per heavy atom. The number of amides is 1. The lowest BCUT2D eigenvalue weighted by Gasteiger charge is -2.09. The Morgan fingerprint density at radius 1 is 1.45 bits per heavy atom. The van der Waals surface area contributed by atoms with E-state index >= 15 is 0 Å². The summed E-state index contributed by atoms with van der Waals surface area (Å²) in [5, 5.41) is 15.5. The number of allylic oxidation sites excluding steroid dienone is 1. The Hall–Kier alpha value is -2.34. The van der Waals surface area contributed by atoms with Crippen molar-refractivity contribution in [3.63, 3.8) is 0 Å². The van der Waals surface area contributed by atoms with Gasteiger partial charge in [0.1, 0.15) is 5.70 Å². The van der Waals surface area contributed by atoms with Crippen molar-refractivity contribution >= 4 is 29.3 Å². The quantitative estimate of drug-likeness (QED) is 0.445. The fourth-order valence-electron chi connectivity index (χ4n) is 1.89. The maximum Gasteiger partial charge on any atom is 0.273 e. The van der Waals surface area contributed by atoms with E-state index in [2.05, 4.69) is 17.2 Å². The number of carbonyl (C=O) groups is 1. The van der Waals surface area contributed by atoms with Gasteiger partial charge in [-0.1, -0.05) is 6.08 Å². The number of nitrogens with one attached hydrogen (secondary N) is 2. The molecule has 0 aromatic heterocycles. The van der Waals surface area contributed by atoms with Crippen LogP contribution in [0.1, 0.15) is 11.1 Å². The van der Waals surface area contributed by atoms with Crippen LogP contribution in [0, 0.1) is 0 Å². The van der Waals surface area contributed by atoms with Gasteiger partial charge in [-0.15, -0.1) is 6.58 Å². The van der Waals surface area contributed by atoms with Crippen LogP contribution < -0.4 is 15.4 Å². The number of phenolic OH excluding ortho intramolecular Hbond substituents is 1. The van der Waals surface area contributed by atoms with E-state index in [1.807, 2.05) is 0 Å². The smallest absolute Gasteiger partial charge is 0.273 e. The van der Waals surface area contributed by atoms with Gasteiger partial charge >= 0.3 is 0 Å². The van der Waals surface area contributed by atoms with Crippen molar-refractivity contribution in [1.82, 2.24) is 10.6 Å². The van der Waals surface area contributed by atoms with Crippen molar-refractivity contribution in [1.29, 1.82) is 0 Å². The second kappa shape index (κ2) is 5.75. The van der Waals surface area contributed by atoms with Crippen LogP contribution in [0.25, 0.3) is 6.08 Å². The first-order chi connectivity index (χ1) is 9.55. The minimum Gasteiger partial charge on any atom is -0.504 e. The van der Waals surface area contributed by atoms with Gasteiger partial charge in [0.15, 0.2) is 16.6 Å². The Bertz CT molecular complexity index is 623. The largest absolute Gasteiger partial charge is 0.504 e. The van der Waals surface area contributed by atoms with Crippen molar-refractivity contribution in [3.8, 4) is 11.5 Å². The molecule has 20 heavy (non-hydrogen) atoms. The minimum absolute atomic E-state index is 0.0777. The number of phenols is 1. The number of carbonyl (C=O) groups excluding carboxylic acids is 1. The van der Waals surface area contributed by atoms with Gasteiger partial charge in [0.25, 0.3) is 5.91 Å². The Kier molecular flexibility index (Phi) is 4.05. The molecule has 2 rings (SSSR count). The second-order valence-corrected chi connectivity index (χ2v) is 4.60. The van der Waals surface area contributed by atoms with E-state index in [1.165, 1.54) is 7.11 Å². The van der Waals surface area contributed by atoms with Gasteiger partial charge < -0.3 is 15.2 Å². The molecule has 0 spiro atoms. The standard InChI is InChI=1S/C14H14N2O3S/c1-3-4-9-5-8(7-11(19-2)12(9)17)6-10-13(18)16-14(20)15-10/h3,5-7,17H,1,4H2,2H3,(H2,15,16,18,20)/b10-6-. The molecule has 0 saturated carbocycles. The van der Waals surface area contributed by atoms with E-state index in [4.69, 9.17) is 17.0 Å². The fraction of sp³-hybridized carbons (Fsp3) is 0.143. The van der Waals surface area contributed by atoms with Crippen LogP contribution in [0.15, 0.2) is 30.5 Å². The topological polar surface area (TPSA) is 70.6 Å². The molecule has 1 fully saturated rings. The summed E-state index contributed by atoms with van der Waals surface area (Å²) in [5.74, 6) is 0.137. The molecular formula is C14H14N2O3S. The first-order valence-corrected chi connectivity index (χ1v) is 6.30. The molecule has 1 amide bonds. The summed E-state index contributed by atoms with van der Waals surface area (Å²) in [7, 11) is 1.47. The average Bonchev–Trinajstić information content (AvgIpc) is 2.71. The van der Waals surface area contributed by atoms with Crippen molar-refractivity contribution in [2.75, 3.05) is 7.11 Å². The lowest BCUT2D eigenvalue weighted by molar-refractivity contribution is -0.115. The van der Waals surface area contributed by atoms with Crippen molar-refractivity contribution in [3.05, 3.63) is 41.6 Å². The van der Waals surface area contributed by atoms with E-state index in [1.54, 1.807) is 24.3 Å². The van der Waals surface area contributed by atoms with Crippen LogP contribution in [-0.2, 0) is 11.2 Å². The first-order valence-electron chi connectivity index (χ1n) is 5.90. The molecule has 3 N–H and O–H groups in total. The van der Waals surface area contributed by atoms with E-state index in [9.17, 15) is 9.90 Å². The molecule has 1 aromatic carbocycles. The van der Waals surface area contributed by atoms with Crippen LogP contribution in [0.5, 0.6) is 11.5 Å². The SMILES string of the molecule is C=CCc1cc(/C=C2\NC(=S)NC2=O)cc(OC)c1O. The van der Waals surface area contributed by atoms with E-state index in [0.717, 1.165) is 5.56 Å². The third-order valence-corrected chi connectivity index (χ3v) is 3.00. The average molecular weight is 290 g/mol. The summed E-state index contributed by atoms with van der Waals surface area (Å²) in [6.45, 7) is 3.65. The van der Waals surface area contributed by atoms with Crippen LogP contribution >= 0.6 is 12.2 Å². The molecule has 1 saturated heterocycles. The van der Waals surface area contributed by atoms with Crippen molar-refractivity contribution < 1.29 is 14.6 Å². The summed E-state index contributed by atoms with van der Waals surface area (Å²) in [6, 6.07) is 3.41. The number of hydrogen-bond donors (Lipinski definition) is 3. The highest BCUT2D eigenvalue weighted by atomic mass is 32.1. The van der Waals surface area contributed by atoms with Gasteiger partial charge in [-0.2, -0.15) is 0 Å². The van der Waals surface area contributed by atoms with Crippen molar-refractivity contribution in [2.24, 2.45) is 0 Å². The van der Waals surface area contributed by atoms with Gasteiger partial charge in [0.2, 0.25) is 0 Å². The Labute approximate surface area is 121 Å². The van der Waals surface area contributed by atoms with Crippen LogP contribution in [-0.4, -0.2) is 23.2 Å². The summed E-state index contributed by atoms with van der Waals surface area (Å²) in [4.78, 5) is 11.6. The molecule has 1 aliphatic rings. The zero-order chi connectivity index (χ0) is 14.7. The van der Waals surface area contributed by atoms with Crippen molar-refractivity contribution in [2.45, 2.75) is 6.42 Å². The van der Waals surface area contributed by atoms with Crippen LogP contribution in [0.3, 0.4) is 0 Å². The summed E-state index contributed by atoms with van der Waals surface area (Å²) in [5.41, 5.74) is 1.75. The van der Waals surface area contributed by atoms with E-state index < -0.39 is 0 Å².